The Hall–Kier alpha value is -5.99. The summed E-state index contributed by atoms with van der Waals surface area (Å²) in [5, 5.41) is 21.5. The summed E-state index contributed by atoms with van der Waals surface area (Å²) in [6.07, 6.45) is 0.419. The number of nitrogens with two attached hydrogens (primary N) is 4. The summed E-state index contributed by atoms with van der Waals surface area (Å²) in [5.41, 5.74) is 23.2. The first-order chi connectivity index (χ1) is 34.1. The van der Waals surface area contributed by atoms with E-state index in [1.165, 1.54) is 4.90 Å². The van der Waals surface area contributed by atoms with Crippen molar-refractivity contribution in [3.05, 3.63) is 35.9 Å². The predicted molar refractivity (Wildman–Crippen MR) is 270 cm³/mol. The molecule has 0 saturated carbocycles. The number of nitrogens with zero attached hydrogens (tertiary/aromatic N) is 1. The van der Waals surface area contributed by atoms with Crippen LogP contribution in [0, 0.1) is 5.92 Å². The maximum atomic E-state index is 14.6. The third kappa shape index (κ3) is 20.6. The van der Waals surface area contributed by atoms with Crippen molar-refractivity contribution in [2.75, 3.05) is 31.1 Å². The molecule has 3 rings (SSSR count). The SMILES string of the molecule is CC[C@H](C)[C@@H]1NC(=O)C(Cc2ccccc2)NC(=O)[C@@H](N)CSSCC(C(=O)N2CCC[C@H]2C(=O)N[C@@H](CCCNC(C)C)C(=O)NCC(N)=O)NC(=O)[C@H](CC(N)=O)NC(=O)C(CCCC(N)=O)NC1=O. The quantitative estimate of drug-likeness (QED) is 0.0427. The lowest BCUT2D eigenvalue weighted by atomic mass is 9.96. The molecule has 2 saturated heterocycles. The summed E-state index contributed by atoms with van der Waals surface area (Å²) in [5.74, 6) is -9.60. The highest BCUT2D eigenvalue weighted by Gasteiger charge is 2.41. The molecule has 0 spiro atoms. The van der Waals surface area contributed by atoms with Crippen molar-refractivity contribution in [1.82, 2.24) is 47.4 Å². The average molecular weight is 1050 g/mol. The van der Waals surface area contributed by atoms with Crippen LogP contribution in [0.4, 0.5) is 0 Å². The first-order valence-electron chi connectivity index (χ1n) is 24.1. The Balaban J connectivity index is 2.04. The largest absolute Gasteiger partial charge is 0.370 e. The molecule has 400 valence electrons. The van der Waals surface area contributed by atoms with Crippen molar-refractivity contribution in [3.63, 3.8) is 0 Å². The van der Waals surface area contributed by atoms with E-state index in [-0.39, 0.29) is 62.6 Å². The molecule has 24 nitrogen and oxygen atoms in total. The molecular formula is C46H73N13O11S2. The Kier molecular flexibility index (Phi) is 25.8. The van der Waals surface area contributed by atoms with Gasteiger partial charge in [-0.25, -0.2) is 0 Å². The zero-order valence-corrected chi connectivity index (χ0v) is 43.0. The first kappa shape index (κ1) is 60.3. The monoisotopic (exact) mass is 1050 g/mol. The van der Waals surface area contributed by atoms with E-state index in [1.807, 2.05) is 13.8 Å². The van der Waals surface area contributed by atoms with E-state index >= 15 is 0 Å². The molecule has 72 heavy (non-hydrogen) atoms. The fourth-order valence-corrected chi connectivity index (χ4v) is 10.1. The summed E-state index contributed by atoms with van der Waals surface area (Å²) in [6, 6.07) is -1.56. The van der Waals surface area contributed by atoms with Gasteiger partial charge in [-0.1, -0.05) is 86.0 Å². The fourth-order valence-electron chi connectivity index (χ4n) is 7.78. The summed E-state index contributed by atoms with van der Waals surface area (Å²) >= 11 is 0. The second-order valence-electron chi connectivity index (χ2n) is 18.2. The molecule has 0 aliphatic carbocycles. The van der Waals surface area contributed by atoms with E-state index in [0.29, 0.717) is 31.4 Å². The number of benzene rings is 1. The molecule has 0 aromatic heterocycles. The summed E-state index contributed by atoms with van der Waals surface area (Å²) in [6.45, 7) is 7.47. The van der Waals surface area contributed by atoms with E-state index in [4.69, 9.17) is 22.9 Å². The molecular weight excluding hydrogens is 975 g/mol. The van der Waals surface area contributed by atoms with Crippen LogP contribution >= 0.6 is 21.6 Å². The molecule has 3 unspecified atom stereocenters. The second-order valence-corrected chi connectivity index (χ2v) is 20.7. The van der Waals surface area contributed by atoms with Gasteiger partial charge in [0.25, 0.3) is 0 Å². The van der Waals surface area contributed by atoms with Crippen molar-refractivity contribution in [3.8, 4) is 0 Å². The highest BCUT2D eigenvalue weighted by molar-refractivity contribution is 8.76. The molecule has 2 aliphatic rings. The standard InChI is InChI=1S/C46H73N13O11S2/c1-5-26(4)38-45(69)54-30(14-9-17-35(48)60)41(65)56-32(21-36(49)61)42(66)57-33(24-72-71-23-28(47)39(63)55-31(43(67)58-38)20-27-12-7-6-8-13-27)46(70)59-19-11-16-34(59)44(68)53-29(15-10-18-51-25(2)3)40(64)52-22-37(50)62/h6-8,12-13,25-26,28-34,38,51H,5,9-11,14-24,47H2,1-4H3,(H2,48,60)(H2,49,61)(H2,50,62)(H,52,64)(H,53,68)(H,54,69)(H,55,63)(H,56,65)(H,57,66)(H,58,67)/t26-,28-,29-,30?,31?,32-,33?,34-,38-/m0/s1. The molecule has 0 radical (unpaired) electrons. The van der Waals surface area contributed by atoms with Crippen LogP contribution in [0.25, 0.3) is 0 Å². The number of nitrogens with one attached hydrogen (secondary N) is 8. The van der Waals surface area contributed by atoms with Gasteiger partial charge in [0.15, 0.2) is 0 Å². The van der Waals surface area contributed by atoms with Crippen LogP contribution in [0.3, 0.4) is 0 Å². The predicted octanol–water partition coefficient (Wildman–Crippen LogP) is -3.19. The van der Waals surface area contributed by atoms with Gasteiger partial charge in [0, 0.05) is 36.9 Å². The summed E-state index contributed by atoms with van der Waals surface area (Å²) in [7, 11) is 2.11. The number of rotatable bonds is 21. The Morgan fingerprint density at radius 3 is 2.04 bits per heavy atom. The molecule has 2 aliphatic heterocycles. The molecule has 26 heteroatoms. The highest BCUT2D eigenvalue weighted by atomic mass is 33.1. The number of amides is 11. The van der Waals surface area contributed by atoms with Crippen LogP contribution < -0.4 is 65.5 Å². The number of primary amides is 3. The van der Waals surface area contributed by atoms with Crippen LogP contribution in [0.5, 0.6) is 0 Å². The van der Waals surface area contributed by atoms with E-state index in [2.05, 4.69) is 42.5 Å². The van der Waals surface area contributed by atoms with Crippen molar-refractivity contribution in [1.29, 1.82) is 0 Å². The average Bonchev–Trinajstić information content (AvgIpc) is 3.83. The zero-order valence-electron chi connectivity index (χ0n) is 41.3. The Morgan fingerprint density at radius 2 is 1.40 bits per heavy atom. The van der Waals surface area contributed by atoms with Gasteiger partial charge in [-0.2, -0.15) is 0 Å². The first-order valence-corrected chi connectivity index (χ1v) is 26.6. The van der Waals surface area contributed by atoms with Gasteiger partial charge in [0.2, 0.25) is 65.0 Å². The van der Waals surface area contributed by atoms with Crippen molar-refractivity contribution < 1.29 is 52.7 Å². The number of likely N-dealkylation sites (tertiary alicyclic amines) is 1. The van der Waals surface area contributed by atoms with Crippen molar-refractivity contribution in [2.24, 2.45) is 28.9 Å². The third-order valence-electron chi connectivity index (χ3n) is 11.9. The van der Waals surface area contributed by atoms with Crippen molar-refractivity contribution in [2.45, 2.75) is 146 Å². The summed E-state index contributed by atoms with van der Waals surface area (Å²) < 4.78 is 0. The van der Waals surface area contributed by atoms with Crippen LogP contribution in [-0.4, -0.2) is 155 Å². The smallest absolute Gasteiger partial charge is 0.246 e. The van der Waals surface area contributed by atoms with E-state index in [9.17, 15) is 52.7 Å². The Morgan fingerprint density at radius 1 is 0.764 bits per heavy atom. The van der Waals surface area contributed by atoms with Gasteiger partial charge in [-0.15, -0.1) is 0 Å². The lowest BCUT2D eigenvalue weighted by Crippen LogP contribution is -2.61. The topological polar surface area (TPSA) is 391 Å². The van der Waals surface area contributed by atoms with Crippen LogP contribution in [0.15, 0.2) is 30.3 Å². The molecule has 2 heterocycles. The third-order valence-corrected chi connectivity index (χ3v) is 14.4. The van der Waals surface area contributed by atoms with E-state index in [0.717, 1.165) is 21.6 Å². The van der Waals surface area contributed by atoms with Crippen molar-refractivity contribution >= 4 is 86.6 Å². The van der Waals surface area contributed by atoms with Gasteiger partial charge in [0.05, 0.1) is 19.0 Å². The van der Waals surface area contributed by atoms with Gasteiger partial charge < -0.3 is 70.4 Å². The molecule has 9 atom stereocenters. The number of carbonyl (C=O) groups excluding carboxylic acids is 11. The molecule has 1 aromatic rings. The lowest BCUT2D eigenvalue weighted by Gasteiger charge is -2.31. The number of hydrogen-bond acceptors (Lipinski definition) is 15. The second kappa shape index (κ2) is 30.8. The number of hydrogen-bond donors (Lipinski definition) is 12. The minimum Gasteiger partial charge on any atom is -0.370 e. The van der Waals surface area contributed by atoms with Gasteiger partial charge in [-0.3, -0.25) is 52.7 Å². The van der Waals surface area contributed by atoms with E-state index < -0.39 is 132 Å². The van der Waals surface area contributed by atoms with Crippen LogP contribution in [-0.2, 0) is 59.2 Å². The van der Waals surface area contributed by atoms with Gasteiger partial charge in [0.1, 0.15) is 42.3 Å². The van der Waals surface area contributed by atoms with Gasteiger partial charge >= 0.3 is 0 Å². The maximum Gasteiger partial charge on any atom is 0.246 e. The highest BCUT2D eigenvalue weighted by Crippen LogP contribution is 2.26. The van der Waals surface area contributed by atoms with Gasteiger partial charge in [-0.05, 0) is 56.6 Å². The Labute approximate surface area is 427 Å². The normalized spacial score (nSPS) is 23.8. The molecule has 0 bridgehead atoms. The molecule has 16 N–H and O–H groups in total. The lowest BCUT2D eigenvalue weighted by molar-refractivity contribution is -0.142. The minimum atomic E-state index is -1.72. The minimum absolute atomic E-state index is 0.00361. The number of carbonyl (C=O) groups is 11. The van der Waals surface area contributed by atoms with Crippen LogP contribution in [0.2, 0.25) is 0 Å². The van der Waals surface area contributed by atoms with E-state index in [1.54, 1.807) is 44.2 Å². The Bertz CT molecular complexity index is 2070. The maximum absolute atomic E-state index is 14.6. The molecule has 11 amide bonds. The zero-order chi connectivity index (χ0) is 53.5. The van der Waals surface area contributed by atoms with Crippen LogP contribution in [0.1, 0.15) is 91.0 Å². The summed E-state index contributed by atoms with van der Waals surface area (Å²) in [4.78, 5) is 149. The molecule has 2 fully saturated rings. The fraction of sp³-hybridized carbons (Fsp3) is 0.630. The molecule has 1 aromatic carbocycles.